The summed E-state index contributed by atoms with van der Waals surface area (Å²) in [6.45, 7) is 0.0755. The number of amides is 4. The first-order chi connectivity index (χ1) is 17.6. The number of para-hydroxylation sites is 1. The molecule has 1 saturated heterocycles. The molecule has 2 aliphatic rings. The molecule has 2 unspecified atom stereocenters. The van der Waals surface area contributed by atoms with Crippen molar-refractivity contribution in [3.8, 4) is 0 Å². The van der Waals surface area contributed by atoms with Crippen molar-refractivity contribution in [1.29, 1.82) is 0 Å². The molecule has 2 fully saturated rings. The van der Waals surface area contributed by atoms with Crippen LogP contribution in [0.2, 0.25) is 0 Å². The number of hydrogen-bond donors (Lipinski definition) is 1. The molecule has 2 aromatic carbocycles. The fourth-order valence-electron chi connectivity index (χ4n) is 4.03. The van der Waals surface area contributed by atoms with E-state index in [4.69, 9.17) is 4.74 Å². The average Bonchev–Trinajstić information content (AvgIpc) is 3.62. The van der Waals surface area contributed by atoms with Gasteiger partial charge in [0.1, 0.15) is 18.0 Å². The van der Waals surface area contributed by atoms with Crippen LogP contribution in [0.15, 0.2) is 85.2 Å². The van der Waals surface area contributed by atoms with E-state index in [0.717, 1.165) is 28.9 Å². The number of pyridine rings is 1. The summed E-state index contributed by atoms with van der Waals surface area (Å²) in [5.74, 6) is -0.159. The summed E-state index contributed by atoms with van der Waals surface area (Å²) < 4.78 is 5.65. The second-order valence-electron chi connectivity index (χ2n) is 8.67. The zero-order valence-electron chi connectivity index (χ0n) is 19.5. The number of carbonyl (C=O) groups excluding carboxylic acids is 3. The van der Waals surface area contributed by atoms with Gasteiger partial charge in [-0.15, -0.1) is 11.8 Å². The van der Waals surface area contributed by atoms with Gasteiger partial charge in [0.2, 0.25) is 0 Å². The summed E-state index contributed by atoms with van der Waals surface area (Å²) in [5.41, 5.74) is 2.07. The van der Waals surface area contributed by atoms with Crippen molar-refractivity contribution in [2.75, 3.05) is 10.7 Å². The Morgan fingerprint density at radius 3 is 2.39 bits per heavy atom. The number of anilines is 1. The second kappa shape index (κ2) is 10.8. The molecule has 2 heterocycles. The molecule has 1 aliphatic carbocycles. The van der Waals surface area contributed by atoms with Gasteiger partial charge >= 0.3 is 12.1 Å². The Morgan fingerprint density at radius 2 is 1.72 bits per heavy atom. The zero-order chi connectivity index (χ0) is 24.9. The summed E-state index contributed by atoms with van der Waals surface area (Å²) in [4.78, 5) is 47.3. The third-order valence-electron chi connectivity index (χ3n) is 6.01. The molecule has 184 valence electrons. The van der Waals surface area contributed by atoms with E-state index in [0.29, 0.717) is 11.4 Å². The number of nitrogens with zero attached hydrogens (tertiary/aromatic N) is 3. The number of imide groups is 1. The lowest BCUT2D eigenvalue weighted by Crippen LogP contribution is -2.54. The first-order valence-electron chi connectivity index (χ1n) is 11.8. The predicted molar refractivity (Wildman–Crippen MR) is 137 cm³/mol. The molecule has 36 heavy (non-hydrogen) atoms. The zero-order valence-corrected chi connectivity index (χ0v) is 20.3. The van der Waals surface area contributed by atoms with Gasteiger partial charge in [0.05, 0.1) is 5.69 Å². The summed E-state index contributed by atoms with van der Waals surface area (Å²) in [7, 11) is 0. The van der Waals surface area contributed by atoms with Gasteiger partial charge < -0.3 is 10.1 Å². The van der Waals surface area contributed by atoms with E-state index in [2.05, 4.69) is 10.3 Å². The Hall–Kier alpha value is -3.85. The van der Waals surface area contributed by atoms with Gasteiger partial charge in [-0.3, -0.25) is 14.7 Å². The molecule has 0 radical (unpaired) electrons. The van der Waals surface area contributed by atoms with Crippen LogP contribution in [-0.2, 0) is 16.1 Å². The van der Waals surface area contributed by atoms with Crippen LogP contribution < -0.4 is 10.2 Å². The maximum atomic E-state index is 13.9. The summed E-state index contributed by atoms with van der Waals surface area (Å²) >= 11 is 1.45. The Bertz CT molecular complexity index is 1210. The molecule has 0 bridgehead atoms. The Labute approximate surface area is 213 Å². The molecule has 1 saturated carbocycles. The number of thioether (sulfide) groups is 1. The number of carbonyl (C=O) groups is 3. The minimum Gasteiger partial charge on any atom is -0.444 e. The number of rotatable bonds is 6. The van der Waals surface area contributed by atoms with Crippen LogP contribution in [0.4, 0.5) is 15.3 Å². The van der Waals surface area contributed by atoms with Crippen molar-refractivity contribution in [1.82, 2.24) is 15.2 Å². The summed E-state index contributed by atoms with van der Waals surface area (Å²) in [6, 6.07) is 20.5. The van der Waals surface area contributed by atoms with E-state index in [1.807, 2.05) is 42.5 Å². The lowest BCUT2D eigenvalue weighted by atomic mass is 10.2. The number of urea groups is 1. The number of benzene rings is 2. The van der Waals surface area contributed by atoms with Crippen LogP contribution in [0, 0.1) is 0 Å². The minimum atomic E-state index is -0.895. The van der Waals surface area contributed by atoms with Crippen LogP contribution in [0.25, 0.3) is 0 Å². The van der Waals surface area contributed by atoms with Crippen LogP contribution in [0.3, 0.4) is 0 Å². The largest absolute Gasteiger partial charge is 0.444 e. The molecule has 5 rings (SSSR count). The molecule has 4 amide bonds. The predicted octanol–water partition coefficient (Wildman–Crippen LogP) is 4.74. The normalized spacial score (nSPS) is 18.9. The molecule has 3 aromatic rings. The van der Waals surface area contributed by atoms with Gasteiger partial charge in [-0.05, 0) is 36.6 Å². The van der Waals surface area contributed by atoms with Crippen molar-refractivity contribution in [3.05, 3.63) is 96.3 Å². The van der Waals surface area contributed by atoms with E-state index in [-0.39, 0.29) is 12.6 Å². The van der Waals surface area contributed by atoms with Gasteiger partial charge in [-0.25, -0.2) is 14.5 Å². The molecule has 9 heteroatoms. The molecule has 2 atom stereocenters. The summed E-state index contributed by atoms with van der Waals surface area (Å²) in [6.07, 6.45) is 4.50. The van der Waals surface area contributed by atoms with Crippen LogP contribution >= 0.6 is 11.8 Å². The lowest BCUT2D eigenvalue weighted by Gasteiger charge is -2.31. The molecular formula is C27H26N4O4S. The van der Waals surface area contributed by atoms with Crippen molar-refractivity contribution < 1.29 is 19.1 Å². The number of nitrogens with one attached hydrogen (secondary N) is 1. The third-order valence-corrected chi connectivity index (χ3v) is 7.34. The highest BCUT2D eigenvalue weighted by Crippen LogP contribution is 2.42. The minimum absolute atomic E-state index is 0.0737. The smallest absolute Gasteiger partial charge is 0.412 e. The van der Waals surface area contributed by atoms with Gasteiger partial charge in [-0.1, -0.05) is 54.6 Å². The Morgan fingerprint density at radius 1 is 1.00 bits per heavy atom. The van der Waals surface area contributed by atoms with Gasteiger partial charge in [0, 0.05) is 29.8 Å². The molecule has 1 N–H and O–H groups in total. The maximum Gasteiger partial charge on any atom is 0.412 e. The summed E-state index contributed by atoms with van der Waals surface area (Å²) in [5, 5.41) is 2.43. The highest BCUT2D eigenvalue weighted by molar-refractivity contribution is 7.99. The standard InChI is InChI=1S/C27H26N4O4S/c32-24(30(22-11-5-2-6-12-22)26(33)29-21-13-14-21)23-18-36-25(20-10-7-15-28-16-20)31(23)27(34)35-17-19-8-3-1-4-9-19/h1-12,15-16,21,23,25H,13-14,17-18H2,(H,29,33). The van der Waals surface area contributed by atoms with Gasteiger partial charge in [-0.2, -0.15) is 0 Å². The fraction of sp³-hybridized carbons (Fsp3) is 0.259. The highest BCUT2D eigenvalue weighted by Gasteiger charge is 2.46. The average molecular weight is 503 g/mol. The van der Waals surface area contributed by atoms with Crippen molar-refractivity contribution >= 4 is 35.5 Å². The van der Waals surface area contributed by atoms with E-state index in [9.17, 15) is 14.4 Å². The van der Waals surface area contributed by atoms with Crippen LogP contribution in [-0.4, -0.2) is 45.8 Å². The monoisotopic (exact) mass is 502 g/mol. The highest BCUT2D eigenvalue weighted by atomic mass is 32.2. The van der Waals surface area contributed by atoms with Crippen molar-refractivity contribution in [2.24, 2.45) is 0 Å². The van der Waals surface area contributed by atoms with Crippen molar-refractivity contribution in [3.63, 3.8) is 0 Å². The maximum absolute atomic E-state index is 13.9. The first-order valence-corrected chi connectivity index (χ1v) is 12.9. The van der Waals surface area contributed by atoms with E-state index in [1.165, 1.54) is 16.7 Å². The third kappa shape index (κ3) is 5.36. The number of aromatic nitrogens is 1. The van der Waals surface area contributed by atoms with Crippen LogP contribution in [0.1, 0.15) is 29.3 Å². The van der Waals surface area contributed by atoms with E-state index >= 15 is 0 Å². The molecular weight excluding hydrogens is 476 g/mol. The lowest BCUT2D eigenvalue weighted by molar-refractivity contribution is -0.121. The van der Waals surface area contributed by atoms with E-state index in [1.54, 1.807) is 42.7 Å². The molecule has 0 spiro atoms. The number of hydrogen-bond acceptors (Lipinski definition) is 6. The molecule has 1 aromatic heterocycles. The SMILES string of the molecule is O=C(NC1CC1)N(C(=O)C1CSC(c2cccnc2)N1C(=O)OCc1ccccc1)c1ccccc1. The topological polar surface area (TPSA) is 91.8 Å². The number of ether oxygens (including phenoxy) is 1. The quantitative estimate of drug-likeness (QED) is 0.524. The van der Waals surface area contributed by atoms with Crippen molar-refractivity contribution in [2.45, 2.75) is 36.9 Å². The Balaban J connectivity index is 1.43. The van der Waals surface area contributed by atoms with Gasteiger partial charge in [0.25, 0.3) is 5.91 Å². The Kier molecular flexibility index (Phi) is 7.18. The molecule has 8 nitrogen and oxygen atoms in total. The van der Waals surface area contributed by atoms with E-state index < -0.39 is 29.4 Å². The fourth-order valence-corrected chi connectivity index (χ4v) is 5.42. The second-order valence-corrected chi connectivity index (χ2v) is 9.78. The van der Waals surface area contributed by atoms with Crippen LogP contribution in [0.5, 0.6) is 0 Å². The molecule has 1 aliphatic heterocycles. The van der Waals surface area contributed by atoms with Gasteiger partial charge in [0.15, 0.2) is 0 Å². The first kappa shape index (κ1) is 23.9.